The summed E-state index contributed by atoms with van der Waals surface area (Å²) in [7, 11) is 0. The Hall–Kier alpha value is -1.58. The van der Waals surface area contributed by atoms with Crippen molar-refractivity contribution in [1.82, 2.24) is 16.0 Å². The Bertz CT molecular complexity index is 642. The van der Waals surface area contributed by atoms with Gasteiger partial charge in [0.1, 0.15) is 5.82 Å². The Labute approximate surface area is 185 Å². The Morgan fingerprint density at radius 2 is 1.79 bits per heavy atom. The van der Waals surface area contributed by atoms with Crippen LogP contribution in [0.2, 0.25) is 0 Å². The first-order valence-electron chi connectivity index (χ1n) is 9.56. The van der Waals surface area contributed by atoms with Crippen molar-refractivity contribution >= 4 is 41.5 Å². The molecule has 0 aromatic heterocycles. The number of hydrogen-bond donors (Lipinski definition) is 3. The second kappa shape index (κ2) is 12.8. The fraction of sp³-hybridized carbons (Fsp3) is 0.600. The molecule has 3 N–H and O–H groups in total. The van der Waals surface area contributed by atoms with Crippen molar-refractivity contribution in [1.29, 1.82) is 0 Å². The molecule has 0 saturated carbocycles. The van der Waals surface area contributed by atoms with E-state index in [9.17, 15) is 9.18 Å². The molecule has 160 valence electrons. The molecule has 28 heavy (non-hydrogen) atoms. The summed E-state index contributed by atoms with van der Waals surface area (Å²) in [4.78, 5) is 18.4. The minimum Gasteiger partial charge on any atom is -0.370 e. The Kier molecular flexibility index (Phi) is 12.1. The largest absolute Gasteiger partial charge is 0.370 e. The molecular weight excluding hydrogens is 472 g/mol. The van der Waals surface area contributed by atoms with Gasteiger partial charge in [-0.2, -0.15) is 0 Å². The van der Waals surface area contributed by atoms with Gasteiger partial charge in [-0.25, -0.2) is 9.38 Å². The van der Waals surface area contributed by atoms with Gasteiger partial charge in [0.05, 0.1) is 18.8 Å². The first-order chi connectivity index (χ1) is 12.7. The van der Waals surface area contributed by atoms with E-state index in [0.29, 0.717) is 24.7 Å². The van der Waals surface area contributed by atoms with Crippen LogP contribution in [-0.4, -0.2) is 43.6 Å². The van der Waals surface area contributed by atoms with E-state index in [4.69, 9.17) is 0 Å². The lowest BCUT2D eigenvalue weighted by atomic mass is 10.1. The van der Waals surface area contributed by atoms with E-state index in [1.807, 2.05) is 52.5 Å². The van der Waals surface area contributed by atoms with E-state index in [2.05, 4.69) is 20.9 Å². The van der Waals surface area contributed by atoms with Crippen molar-refractivity contribution in [2.75, 3.05) is 31.1 Å². The van der Waals surface area contributed by atoms with Crippen LogP contribution in [-0.2, 0) is 11.3 Å². The molecule has 0 saturated heterocycles. The number of hydrogen-bond acceptors (Lipinski definition) is 3. The summed E-state index contributed by atoms with van der Waals surface area (Å²) in [6.45, 7) is 14.4. The van der Waals surface area contributed by atoms with E-state index in [0.717, 1.165) is 18.7 Å². The van der Waals surface area contributed by atoms with E-state index in [1.165, 1.54) is 6.07 Å². The number of guanidine groups is 1. The van der Waals surface area contributed by atoms with Crippen molar-refractivity contribution in [3.63, 3.8) is 0 Å². The summed E-state index contributed by atoms with van der Waals surface area (Å²) in [5.41, 5.74) is 1.11. The number of anilines is 1. The molecule has 0 unspecified atom stereocenters. The lowest BCUT2D eigenvalue weighted by Gasteiger charge is -2.22. The van der Waals surface area contributed by atoms with Crippen LogP contribution in [0.4, 0.5) is 10.1 Å². The van der Waals surface area contributed by atoms with E-state index in [1.54, 1.807) is 6.07 Å². The number of nitrogens with zero attached hydrogens (tertiary/aromatic N) is 2. The highest BCUT2D eigenvalue weighted by Crippen LogP contribution is 2.20. The Balaban J connectivity index is 0.00000729. The van der Waals surface area contributed by atoms with E-state index >= 15 is 0 Å². The van der Waals surface area contributed by atoms with Gasteiger partial charge in [0, 0.05) is 25.2 Å². The summed E-state index contributed by atoms with van der Waals surface area (Å²) < 4.78 is 14.4. The average molecular weight is 507 g/mol. The number of rotatable bonds is 8. The number of aliphatic imine (C=N–C) groups is 1. The van der Waals surface area contributed by atoms with Crippen molar-refractivity contribution in [3.05, 3.63) is 29.6 Å². The van der Waals surface area contributed by atoms with Gasteiger partial charge >= 0.3 is 0 Å². The standard InChI is InChI=1S/C20H34FN5O.HI/c1-7-22-19(24-14-18(27)25-20(4,5)6)23-13-15-10-11-17(16(21)12-15)26(8-2)9-3;/h10-12H,7-9,13-14H2,1-6H3,(H,25,27)(H2,22,23,24);1H. The van der Waals surface area contributed by atoms with Crippen LogP contribution in [0.5, 0.6) is 0 Å². The van der Waals surface area contributed by atoms with Crippen LogP contribution in [0.1, 0.15) is 47.1 Å². The molecule has 0 aliphatic rings. The van der Waals surface area contributed by atoms with Crippen LogP contribution < -0.4 is 20.9 Å². The molecule has 1 amide bonds. The van der Waals surface area contributed by atoms with Crippen molar-refractivity contribution in [3.8, 4) is 0 Å². The zero-order valence-electron chi connectivity index (χ0n) is 17.9. The number of halogens is 2. The van der Waals surface area contributed by atoms with Gasteiger partial charge in [-0.05, 0) is 59.2 Å². The molecule has 0 aliphatic heterocycles. The highest BCUT2D eigenvalue weighted by Gasteiger charge is 2.14. The third-order valence-corrected chi connectivity index (χ3v) is 3.81. The zero-order valence-corrected chi connectivity index (χ0v) is 20.2. The molecule has 0 atom stereocenters. The molecular formula is C20H35FIN5O. The van der Waals surface area contributed by atoms with E-state index < -0.39 is 0 Å². The number of nitrogens with one attached hydrogen (secondary N) is 3. The second-order valence-corrected chi connectivity index (χ2v) is 7.30. The molecule has 0 aliphatic carbocycles. The number of carbonyl (C=O) groups excluding carboxylic acids is 1. The maximum absolute atomic E-state index is 14.4. The summed E-state index contributed by atoms with van der Waals surface area (Å²) >= 11 is 0. The van der Waals surface area contributed by atoms with Crippen molar-refractivity contribution in [2.45, 2.75) is 53.6 Å². The van der Waals surface area contributed by atoms with Crippen LogP contribution in [0.25, 0.3) is 0 Å². The molecule has 8 heteroatoms. The fourth-order valence-corrected chi connectivity index (χ4v) is 2.61. The molecule has 1 aromatic rings. The monoisotopic (exact) mass is 507 g/mol. The molecule has 6 nitrogen and oxygen atoms in total. The number of carbonyl (C=O) groups is 1. The van der Waals surface area contributed by atoms with E-state index in [-0.39, 0.29) is 47.8 Å². The normalized spacial score (nSPS) is 11.5. The Morgan fingerprint density at radius 1 is 1.14 bits per heavy atom. The molecule has 0 heterocycles. The minimum absolute atomic E-state index is 0. The summed E-state index contributed by atoms with van der Waals surface area (Å²) in [6.07, 6.45) is 0. The lowest BCUT2D eigenvalue weighted by Crippen LogP contribution is -2.48. The van der Waals surface area contributed by atoms with Gasteiger partial charge in [0.25, 0.3) is 0 Å². The average Bonchev–Trinajstić information content (AvgIpc) is 2.58. The third kappa shape index (κ3) is 9.57. The van der Waals surface area contributed by atoms with Crippen molar-refractivity contribution < 1.29 is 9.18 Å². The Morgan fingerprint density at radius 3 is 2.29 bits per heavy atom. The maximum Gasteiger partial charge on any atom is 0.239 e. The van der Waals surface area contributed by atoms with Gasteiger partial charge in [-0.3, -0.25) is 4.79 Å². The highest BCUT2D eigenvalue weighted by atomic mass is 127. The first-order valence-corrected chi connectivity index (χ1v) is 9.56. The molecule has 0 radical (unpaired) electrons. The zero-order chi connectivity index (χ0) is 20.4. The second-order valence-electron chi connectivity index (χ2n) is 7.30. The molecule has 0 bridgehead atoms. The summed E-state index contributed by atoms with van der Waals surface area (Å²) in [5.74, 6) is 0.173. The number of amides is 1. The van der Waals surface area contributed by atoms with Crippen molar-refractivity contribution in [2.24, 2.45) is 4.99 Å². The van der Waals surface area contributed by atoms with Gasteiger partial charge in [-0.1, -0.05) is 6.07 Å². The molecule has 0 fully saturated rings. The predicted octanol–water partition coefficient (Wildman–Crippen LogP) is 3.26. The first kappa shape index (κ1) is 26.4. The van der Waals surface area contributed by atoms with Gasteiger partial charge < -0.3 is 20.9 Å². The summed E-state index contributed by atoms with van der Waals surface area (Å²) in [5, 5.41) is 8.98. The minimum atomic E-state index is -0.279. The number of benzene rings is 1. The van der Waals surface area contributed by atoms with Gasteiger partial charge in [0.15, 0.2) is 5.96 Å². The smallest absolute Gasteiger partial charge is 0.239 e. The fourth-order valence-electron chi connectivity index (χ4n) is 2.61. The molecule has 0 spiro atoms. The topological polar surface area (TPSA) is 68.8 Å². The highest BCUT2D eigenvalue weighted by molar-refractivity contribution is 14.0. The van der Waals surface area contributed by atoms with Crippen LogP contribution in [0, 0.1) is 5.82 Å². The molecule has 1 aromatic carbocycles. The van der Waals surface area contributed by atoms with Crippen LogP contribution in [0.15, 0.2) is 23.2 Å². The SMILES string of the molecule is CCNC(=NCc1ccc(N(CC)CC)c(F)c1)NCC(=O)NC(C)(C)C.I. The maximum atomic E-state index is 14.4. The lowest BCUT2D eigenvalue weighted by molar-refractivity contribution is -0.121. The van der Waals surface area contributed by atoms with Crippen LogP contribution in [0.3, 0.4) is 0 Å². The van der Waals surface area contributed by atoms with Crippen LogP contribution >= 0.6 is 24.0 Å². The molecule has 1 rings (SSSR count). The van der Waals surface area contributed by atoms with Gasteiger partial charge in [0.2, 0.25) is 5.91 Å². The predicted molar refractivity (Wildman–Crippen MR) is 126 cm³/mol. The summed E-state index contributed by atoms with van der Waals surface area (Å²) in [6, 6.07) is 5.20. The van der Waals surface area contributed by atoms with Gasteiger partial charge in [-0.15, -0.1) is 24.0 Å². The quantitative estimate of drug-likeness (QED) is 0.287. The third-order valence-electron chi connectivity index (χ3n) is 3.81.